The lowest BCUT2D eigenvalue weighted by atomic mass is 9.98. The van der Waals surface area contributed by atoms with Crippen LogP contribution in [0.4, 0.5) is 10.1 Å². The maximum Gasteiger partial charge on any atom is 0.256 e. The van der Waals surface area contributed by atoms with Gasteiger partial charge in [0, 0.05) is 17.0 Å². The van der Waals surface area contributed by atoms with Crippen molar-refractivity contribution < 1.29 is 9.18 Å². The third kappa shape index (κ3) is 2.07. The van der Waals surface area contributed by atoms with Crippen LogP contribution < -0.4 is 5.32 Å². The van der Waals surface area contributed by atoms with E-state index in [2.05, 4.69) is 16.4 Å². The Morgan fingerprint density at radius 1 is 1.14 bits per heavy atom. The van der Waals surface area contributed by atoms with Crippen LogP contribution in [-0.4, -0.2) is 10.9 Å². The van der Waals surface area contributed by atoms with Crippen LogP contribution in [-0.2, 0) is 17.6 Å². The fourth-order valence-corrected chi connectivity index (χ4v) is 3.17. The summed E-state index contributed by atoms with van der Waals surface area (Å²) in [4.78, 5) is 15.5. The third-order valence-electron chi connectivity index (χ3n) is 4.20. The van der Waals surface area contributed by atoms with Gasteiger partial charge < -0.3 is 10.3 Å². The number of anilines is 1. The summed E-state index contributed by atoms with van der Waals surface area (Å²) in [5.74, 6) is -0.520. The summed E-state index contributed by atoms with van der Waals surface area (Å²) < 4.78 is 13.2. The number of rotatable bonds is 1. The van der Waals surface area contributed by atoms with E-state index in [1.165, 1.54) is 36.2 Å². The molecule has 1 aromatic heterocycles. The Bertz CT molecular complexity index is 750. The van der Waals surface area contributed by atoms with E-state index in [1.807, 2.05) is 6.08 Å². The Hall–Kier alpha value is -2.36. The zero-order valence-electron chi connectivity index (χ0n) is 11.5. The first-order valence-electron chi connectivity index (χ1n) is 7.24. The summed E-state index contributed by atoms with van der Waals surface area (Å²) in [6.45, 7) is 0. The molecule has 0 spiro atoms. The molecule has 2 heterocycles. The number of aryl methyl sites for hydroxylation is 2. The molecular formula is C17H15FN2O. The van der Waals surface area contributed by atoms with E-state index in [9.17, 15) is 9.18 Å². The maximum atomic E-state index is 13.2. The van der Waals surface area contributed by atoms with Crippen molar-refractivity contribution in [1.29, 1.82) is 0 Å². The first-order chi connectivity index (χ1) is 10.2. The lowest BCUT2D eigenvalue weighted by Crippen LogP contribution is -2.03. The van der Waals surface area contributed by atoms with E-state index in [4.69, 9.17) is 0 Å². The molecule has 1 aromatic carbocycles. The van der Waals surface area contributed by atoms with Crippen molar-refractivity contribution in [2.45, 2.75) is 25.7 Å². The zero-order chi connectivity index (χ0) is 14.4. The number of aromatic amines is 1. The number of carbonyl (C=O) groups excluding carboxylic acids is 1. The van der Waals surface area contributed by atoms with Crippen LogP contribution in [0.3, 0.4) is 0 Å². The molecule has 2 aromatic rings. The van der Waals surface area contributed by atoms with E-state index in [0.29, 0.717) is 11.3 Å². The molecular weight excluding hydrogens is 267 g/mol. The SMILES string of the molecule is O=C1Nc2cc(F)ccc2C1=Cc1cc2c([nH]1)CCCC2. The number of H-pyrrole nitrogens is 1. The number of carbonyl (C=O) groups is 1. The molecule has 0 fully saturated rings. The first-order valence-corrected chi connectivity index (χ1v) is 7.24. The fraction of sp³-hybridized carbons (Fsp3) is 0.235. The Morgan fingerprint density at radius 2 is 2.00 bits per heavy atom. The third-order valence-corrected chi connectivity index (χ3v) is 4.20. The quantitative estimate of drug-likeness (QED) is 0.772. The molecule has 3 nitrogen and oxygen atoms in total. The monoisotopic (exact) mass is 282 g/mol. The number of hydrogen-bond acceptors (Lipinski definition) is 1. The van der Waals surface area contributed by atoms with Crippen molar-refractivity contribution in [1.82, 2.24) is 4.98 Å². The van der Waals surface area contributed by atoms with Gasteiger partial charge in [0.1, 0.15) is 5.82 Å². The van der Waals surface area contributed by atoms with Gasteiger partial charge in [0.2, 0.25) is 0 Å². The molecule has 4 rings (SSSR count). The average molecular weight is 282 g/mol. The van der Waals surface area contributed by atoms with Gasteiger partial charge in [-0.3, -0.25) is 4.79 Å². The molecule has 0 radical (unpaired) electrons. The van der Waals surface area contributed by atoms with E-state index in [1.54, 1.807) is 6.07 Å². The van der Waals surface area contributed by atoms with Crippen molar-refractivity contribution in [2.75, 3.05) is 5.32 Å². The molecule has 0 saturated carbocycles. The number of aromatic nitrogens is 1. The van der Waals surface area contributed by atoms with Gasteiger partial charge in [-0.1, -0.05) is 0 Å². The highest BCUT2D eigenvalue weighted by Crippen LogP contribution is 2.34. The molecule has 2 aliphatic rings. The highest BCUT2D eigenvalue weighted by molar-refractivity contribution is 6.34. The van der Waals surface area contributed by atoms with Crippen molar-refractivity contribution in [3.05, 3.63) is 52.6 Å². The van der Waals surface area contributed by atoms with Crippen LogP contribution in [0.15, 0.2) is 24.3 Å². The highest BCUT2D eigenvalue weighted by Gasteiger charge is 2.24. The molecule has 106 valence electrons. The van der Waals surface area contributed by atoms with Gasteiger partial charge in [0.05, 0.1) is 11.3 Å². The number of hydrogen-bond donors (Lipinski definition) is 2. The number of halogens is 1. The first kappa shape index (κ1) is 12.4. The minimum Gasteiger partial charge on any atom is -0.359 e. The Morgan fingerprint density at radius 3 is 2.86 bits per heavy atom. The topological polar surface area (TPSA) is 44.9 Å². The van der Waals surface area contributed by atoms with Crippen LogP contribution in [0.25, 0.3) is 11.6 Å². The number of benzene rings is 1. The molecule has 0 bridgehead atoms. The summed E-state index contributed by atoms with van der Waals surface area (Å²) in [5.41, 5.74) is 5.47. The molecule has 0 unspecified atom stereocenters. The highest BCUT2D eigenvalue weighted by atomic mass is 19.1. The van der Waals surface area contributed by atoms with E-state index >= 15 is 0 Å². The standard InChI is InChI=1S/C17H15FN2O/c18-11-5-6-13-14(17(21)20-16(13)8-11)9-12-7-10-3-1-2-4-15(10)19-12/h5-9,19H,1-4H2,(H,20,21). The predicted octanol–water partition coefficient (Wildman–Crippen LogP) is 3.53. The molecule has 1 aliphatic heterocycles. The van der Waals surface area contributed by atoms with Crippen molar-refractivity contribution in [3.8, 4) is 0 Å². The average Bonchev–Trinajstić information content (AvgIpc) is 3.00. The second kappa shape index (κ2) is 4.58. The van der Waals surface area contributed by atoms with Gasteiger partial charge in [0.25, 0.3) is 5.91 Å². The van der Waals surface area contributed by atoms with E-state index < -0.39 is 0 Å². The Labute approximate surface area is 121 Å². The van der Waals surface area contributed by atoms with Crippen LogP contribution in [0, 0.1) is 5.82 Å². The van der Waals surface area contributed by atoms with Gasteiger partial charge in [-0.2, -0.15) is 0 Å². The normalized spacial score (nSPS) is 18.5. The van der Waals surface area contributed by atoms with Crippen LogP contribution >= 0.6 is 0 Å². The Balaban J connectivity index is 1.76. The van der Waals surface area contributed by atoms with E-state index in [-0.39, 0.29) is 11.7 Å². The largest absolute Gasteiger partial charge is 0.359 e. The summed E-state index contributed by atoms with van der Waals surface area (Å²) >= 11 is 0. The zero-order valence-corrected chi connectivity index (χ0v) is 11.5. The number of nitrogens with one attached hydrogen (secondary N) is 2. The number of amides is 1. The Kier molecular flexibility index (Phi) is 2.70. The van der Waals surface area contributed by atoms with Crippen LogP contribution in [0.2, 0.25) is 0 Å². The fourth-order valence-electron chi connectivity index (χ4n) is 3.17. The van der Waals surface area contributed by atoms with Gasteiger partial charge in [-0.05, 0) is 61.6 Å². The summed E-state index contributed by atoms with van der Waals surface area (Å²) in [5, 5.41) is 2.71. The van der Waals surface area contributed by atoms with Crippen molar-refractivity contribution in [3.63, 3.8) is 0 Å². The second-order valence-corrected chi connectivity index (χ2v) is 5.64. The number of fused-ring (bicyclic) bond motifs is 2. The molecule has 2 N–H and O–H groups in total. The van der Waals surface area contributed by atoms with Gasteiger partial charge in [-0.15, -0.1) is 0 Å². The minimum atomic E-state index is -0.342. The van der Waals surface area contributed by atoms with E-state index in [0.717, 1.165) is 24.1 Å². The second-order valence-electron chi connectivity index (χ2n) is 5.64. The van der Waals surface area contributed by atoms with Crippen LogP contribution in [0.5, 0.6) is 0 Å². The molecule has 4 heteroatoms. The minimum absolute atomic E-state index is 0.178. The molecule has 0 atom stereocenters. The molecule has 0 saturated heterocycles. The van der Waals surface area contributed by atoms with Gasteiger partial charge in [0.15, 0.2) is 0 Å². The summed E-state index contributed by atoms with van der Waals surface area (Å²) in [7, 11) is 0. The molecule has 21 heavy (non-hydrogen) atoms. The lowest BCUT2D eigenvalue weighted by molar-refractivity contribution is -0.110. The molecule has 1 aliphatic carbocycles. The van der Waals surface area contributed by atoms with Gasteiger partial charge in [-0.25, -0.2) is 4.39 Å². The van der Waals surface area contributed by atoms with Gasteiger partial charge >= 0.3 is 0 Å². The maximum absolute atomic E-state index is 13.2. The molecule has 1 amide bonds. The van der Waals surface area contributed by atoms with Crippen molar-refractivity contribution >= 4 is 23.2 Å². The van der Waals surface area contributed by atoms with Crippen LogP contribution in [0.1, 0.15) is 35.4 Å². The smallest absolute Gasteiger partial charge is 0.256 e. The summed E-state index contributed by atoms with van der Waals surface area (Å²) in [6, 6.07) is 6.51. The summed E-state index contributed by atoms with van der Waals surface area (Å²) in [6.07, 6.45) is 6.47. The predicted molar refractivity (Wildman–Crippen MR) is 80.3 cm³/mol. The van der Waals surface area contributed by atoms with Crippen molar-refractivity contribution in [2.24, 2.45) is 0 Å². The lowest BCUT2D eigenvalue weighted by Gasteiger charge is -2.08.